The fourth-order valence-corrected chi connectivity index (χ4v) is 3.59. The van der Waals surface area contributed by atoms with Crippen LogP contribution in [0.1, 0.15) is 34.6 Å². The Balaban J connectivity index is 1.75. The number of amides is 1. The van der Waals surface area contributed by atoms with Gasteiger partial charge in [-0.3, -0.25) is 9.52 Å². The minimum Gasteiger partial charge on any atom is -0.467 e. The molecule has 0 spiro atoms. The van der Waals surface area contributed by atoms with Gasteiger partial charge in [-0.1, -0.05) is 23.8 Å². The number of carbonyl (C=O) groups is 1. The van der Waals surface area contributed by atoms with E-state index >= 15 is 0 Å². The lowest BCUT2D eigenvalue weighted by atomic mass is 10.1. The minimum atomic E-state index is -3.73. The van der Waals surface area contributed by atoms with E-state index in [4.69, 9.17) is 4.42 Å². The van der Waals surface area contributed by atoms with Crippen LogP contribution in [0.2, 0.25) is 0 Å². The van der Waals surface area contributed by atoms with Gasteiger partial charge in [0, 0.05) is 11.3 Å². The van der Waals surface area contributed by atoms with Crippen molar-refractivity contribution in [3.05, 3.63) is 83.8 Å². The molecule has 1 amide bonds. The summed E-state index contributed by atoms with van der Waals surface area (Å²) in [5.74, 6) is 0.315. The maximum atomic E-state index is 12.5. The van der Waals surface area contributed by atoms with E-state index in [0.29, 0.717) is 17.0 Å². The molecular weight excluding hydrogens is 364 g/mol. The van der Waals surface area contributed by atoms with Gasteiger partial charge in [0.2, 0.25) is 0 Å². The lowest BCUT2D eigenvalue weighted by Gasteiger charge is -2.13. The number of hydrogen-bond acceptors (Lipinski definition) is 4. The maximum absolute atomic E-state index is 12.5. The highest BCUT2D eigenvalue weighted by Crippen LogP contribution is 2.19. The van der Waals surface area contributed by atoms with E-state index in [1.165, 1.54) is 6.07 Å². The Labute approximate surface area is 158 Å². The van der Waals surface area contributed by atoms with Gasteiger partial charge in [-0.25, -0.2) is 8.42 Å². The van der Waals surface area contributed by atoms with Crippen molar-refractivity contribution in [3.63, 3.8) is 0 Å². The normalized spacial score (nSPS) is 12.4. The summed E-state index contributed by atoms with van der Waals surface area (Å²) in [5, 5.41) is 2.82. The number of carbonyl (C=O) groups excluding carboxylic acids is 1. The molecule has 6 nitrogen and oxygen atoms in total. The van der Waals surface area contributed by atoms with Gasteiger partial charge < -0.3 is 9.73 Å². The first-order valence-electron chi connectivity index (χ1n) is 8.39. The first-order chi connectivity index (χ1) is 12.8. The lowest BCUT2D eigenvalue weighted by molar-refractivity contribution is 0.0935. The van der Waals surface area contributed by atoms with Crippen molar-refractivity contribution >= 4 is 21.6 Å². The third-order valence-corrected chi connectivity index (χ3v) is 5.42. The van der Waals surface area contributed by atoms with E-state index in [0.717, 1.165) is 5.56 Å². The fraction of sp³-hybridized carbons (Fsp3) is 0.150. The van der Waals surface area contributed by atoms with Gasteiger partial charge in [0.1, 0.15) is 5.76 Å². The van der Waals surface area contributed by atoms with Crippen molar-refractivity contribution in [1.29, 1.82) is 0 Å². The summed E-state index contributed by atoms with van der Waals surface area (Å²) in [6.45, 7) is 3.69. The van der Waals surface area contributed by atoms with Crippen LogP contribution >= 0.6 is 0 Å². The van der Waals surface area contributed by atoms with Gasteiger partial charge >= 0.3 is 0 Å². The summed E-state index contributed by atoms with van der Waals surface area (Å²) < 4.78 is 32.8. The molecule has 0 aliphatic heterocycles. The van der Waals surface area contributed by atoms with E-state index in [2.05, 4.69) is 10.0 Å². The first-order valence-corrected chi connectivity index (χ1v) is 9.87. The van der Waals surface area contributed by atoms with Gasteiger partial charge in [0.15, 0.2) is 0 Å². The van der Waals surface area contributed by atoms with Crippen molar-refractivity contribution in [2.45, 2.75) is 24.8 Å². The predicted octanol–water partition coefficient (Wildman–Crippen LogP) is 3.88. The Bertz CT molecular complexity index is 1030. The molecule has 0 unspecified atom stereocenters. The SMILES string of the molecule is Cc1ccc(S(=O)(=O)Nc2cccc(C(=O)N[C@H](C)c3ccco3)c2)cc1. The molecule has 1 heterocycles. The van der Waals surface area contributed by atoms with Crippen molar-refractivity contribution in [2.75, 3.05) is 4.72 Å². The fourth-order valence-electron chi connectivity index (χ4n) is 2.54. The Morgan fingerprint density at radius 3 is 2.44 bits per heavy atom. The molecule has 0 bridgehead atoms. The topological polar surface area (TPSA) is 88.4 Å². The van der Waals surface area contributed by atoms with Crippen molar-refractivity contribution in [1.82, 2.24) is 5.32 Å². The van der Waals surface area contributed by atoms with Crippen molar-refractivity contribution in [2.24, 2.45) is 0 Å². The summed E-state index contributed by atoms with van der Waals surface area (Å²) in [6, 6.07) is 16.1. The third-order valence-electron chi connectivity index (χ3n) is 4.03. The second kappa shape index (κ2) is 7.67. The second-order valence-electron chi connectivity index (χ2n) is 6.21. The second-order valence-corrected chi connectivity index (χ2v) is 7.89. The highest BCUT2D eigenvalue weighted by molar-refractivity contribution is 7.92. The number of rotatable bonds is 6. The van der Waals surface area contributed by atoms with E-state index < -0.39 is 10.0 Å². The van der Waals surface area contributed by atoms with Crippen LogP contribution < -0.4 is 10.0 Å². The molecule has 140 valence electrons. The van der Waals surface area contributed by atoms with E-state index in [1.807, 2.05) is 6.92 Å². The molecule has 0 fully saturated rings. The molecule has 1 aromatic heterocycles. The van der Waals surface area contributed by atoms with Gasteiger partial charge in [-0.2, -0.15) is 0 Å². The minimum absolute atomic E-state index is 0.161. The summed E-state index contributed by atoms with van der Waals surface area (Å²) in [7, 11) is -3.73. The van der Waals surface area contributed by atoms with Crippen molar-refractivity contribution in [3.8, 4) is 0 Å². The van der Waals surface area contributed by atoms with Crippen molar-refractivity contribution < 1.29 is 17.6 Å². The van der Waals surface area contributed by atoms with E-state index in [-0.39, 0.29) is 16.8 Å². The number of furan rings is 1. The molecule has 7 heteroatoms. The zero-order chi connectivity index (χ0) is 19.4. The molecule has 2 N–H and O–H groups in total. The zero-order valence-corrected chi connectivity index (χ0v) is 15.8. The van der Waals surface area contributed by atoms with Gasteiger partial charge in [-0.15, -0.1) is 0 Å². The Kier molecular flexibility index (Phi) is 5.32. The highest BCUT2D eigenvalue weighted by Gasteiger charge is 2.16. The average molecular weight is 384 g/mol. The molecule has 1 atom stereocenters. The molecular formula is C20H20N2O4S. The van der Waals surface area contributed by atoms with E-state index in [9.17, 15) is 13.2 Å². The zero-order valence-electron chi connectivity index (χ0n) is 15.0. The van der Waals surface area contributed by atoms with Gasteiger partial charge in [0.05, 0.1) is 17.2 Å². The maximum Gasteiger partial charge on any atom is 0.261 e. The largest absolute Gasteiger partial charge is 0.467 e. The Hall–Kier alpha value is -3.06. The average Bonchev–Trinajstić information content (AvgIpc) is 3.17. The molecule has 0 radical (unpaired) electrons. The van der Waals surface area contributed by atoms with Gasteiger partial charge in [-0.05, 0) is 56.3 Å². The third kappa shape index (κ3) is 4.57. The van der Waals surface area contributed by atoms with Crippen LogP contribution in [0.4, 0.5) is 5.69 Å². The number of hydrogen-bond donors (Lipinski definition) is 2. The van der Waals surface area contributed by atoms with E-state index in [1.54, 1.807) is 67.8 Å². The Morgan fingerprint density at radius 2 is 1.78 bits per heavy atom. The summed E-state index contributed by atoms with van der Waals surface area (Å²) in [4.78, 5) is 12.6. The number of aryl methyl sites for hydroxylation is 1. The molecule has 0 saturated carbocycles. The molecule has 0 aliphatic rings. The molecule has 2 aromatic carbocycles. The standard InChI is InChI=1S/C20H20N2O4S/c1-14-8-10-18(11-9-14)27(24,25)22-17-6-3-5-16(13-17)20(23)21-15(2)19-7-4-12-26-19/h3-13,15,22H,1-2H3,(H,21,23)/t15-/m1/s1. The molecule has 27 heavy (non-hydrogen) atoms. The molecule has 3 aromatic rings. The quantitative estimate of drug-likeness (QED) is 0.675. The first kappa shape index (κ1) is 18.7. The summed E-state index contributed by atoms with van der Waals surface area (Å²) >= 11 is 0. The van der Waals surface area contributed by atoms with Crippen LogP contribution in [-0.2, 0) is 10.0 Å². The van der Waals surface area contributed by atoms with Crippen LogP contribution in [0.25, 0.3) is 0 Å². The summed E-state index contributed by atoms with van der Waals surface area (Å²) in [5.41, 5.74) is 1.63. The number of nitrogens with one attached hydrogen (secondary N) is 2. The Morgan fingerprint density at radius 1 is 1.04 bits per heavy atom. The van der Waals surface area contributed by atoms with Crippen LogP contribution in [0.3, 0.4) is 0 Å². The van der Waals surface area contributed by atoms with Crippen LogP contribution in [0.5, 0.6) is 0 Å². The smallest absolute Gasteiger partial charge is 0.261 e. The van der Waals surface area contributed by atoms with Gasteiger partial charge in [0.25, 0.3) is 15.9 Å². The predicted molar refractivity (Wildman–Crippen MR) is 103 cm³/mol. The van der Waals surface area contributed by atoms with Crippen LogP contribution in [0.15, 0.2) is 76.2 Å². The summed E-state index contributed by atoms with van der Waals surface area (Å²) in [6.07, 6.45) is 1.54. The molecule has 0 saturated heterocycles. The van der Waals surface area contributed by atoms with Crippen LogP contribution in [-0.4, -0.2) is 14.3 Å². The molecule has 3 rings (SSSR count). The number of benzene rings is 2. The molecule has 0 aliphatic carbocycles. The highest BCUT2D eigenvalue weighted by atomic mass is 32.2. The lowest BCUT2D eigenvalue weighted by Crippen LogP contribution is -2.26. The van der Waals surface area contributed by atoms with Crippen LogP contribution in [0, 0.1) is 6.92 Å². The number of anilines is 1. The monoisotopic (exact) mass is 384 g/mol. The number of sulfonamides is 1.